The van der Waals surface area contributed by atoms with Crippen LogP contribution < -0.4 is 0 Å². The number of allylic oxidation sites excluding steroid dienone is 1. The van der Waals surface area contributed by atoms with E-state index in [1.807, 2.05) is 6.07 Å². The van der Waals surface area contributed by atoms with Crippen molar-refractivity contribution in [3.63, 3.8) is 0 Å². The van der Waals surface area contributed by atoms with Crippen molar-refractivity contribution in [3.05, 3.63) is 59.7 Å². The normalized spacial score (nSPS) is 24.8. The average molecular weight is 402 g/mol. The van der Waals surface area contributed by atoms with Gasteiger partial charge in [-0.05, 0) is 30.4 Å². The molecule has 1 aliphatic carbocycles. The van der Waals surface area contributed by atoms with Crippen molar-refractivity contribution < 1.29 is 13.2 Å². The Labute approximate surface area is 169 Å². The first-order valence-electron chi connectivity index (χ1n) is 10.0. The summed E-state index contributed by atoms with van der Waals surface area (Å²) >= 11 is 0. The molecule has 0 aromatic heterocycles. The Kier molecular flexibility index (Phi) is 5.48. The Hall–Kier alpha value is -2.57. The first-order valence-corrected chi connectivity index (χ1v) is 10.0. The third-order valence-electron chi connectivity index (χ3n) is 6.01. The van der Waals surface area contributed by atoms with Crippen LogP contribution >= 0.6 is 0 Å². The van der Waals surface area contributed by atoms with E-state index in [4.69, 9.17) is 0 Å². The number of benzene rings is 1. The summed E-state index contributed by atoms with van der Waals surface area (Å²) in [6.45, 7) is 4.87. The van der Waals surface area contributed by atoms with Crippen LogP contribution in [-0.4, -0.2) is 47.9 Å². The van der Waals surface area contributed by atoms with Crippen molar-refractivity contribution in [3.8, 4) is 0 Å². The Bertz CT molecular complexity index is 839. The Morgan fingerprint density at radius 2 is 1.86 bits per heavy atom. The Morgan fingerprint density at radius 1 is 1.17 bits per heavy atom. The lowest BCUT2D eigenvalue weighted by Crippen LogP contribution is -2.36. The van der Waals surface area contributed by atoms with Crippen molar-refractivity contribution in [2.45, 2.75) is 37.5 Å². The highest BCUT2D eigenvalue weighted by atomic mass is 19.3. The molecule has 1 unspecified atom stereocenters. The highest BCUT2D eigenvalue weighted by Crippen LogP contribution is 2.51. The van der Waals surface area contributed by atoms with Gasteiger partial charge in [0.15, 0.2) is 0 Å². The topological polar surface area (TPSA) is 31.2 Å². The summed E-state index contributed by atoms with van der Waals surface area (Å²) in [5, 5.41) is 7.36. The summed E-state index contributed by atoms with van der Waals surface area (Å²) in [6.07, 6.45) is 5.30. The lowest BCUT2D eigenvalue weighted by atomic mass is 9.89. The fraction of sp³-hybridized carbons (Fsp3) is 0.455. The molecule has 4 nitrogen and oxygen atoms in total. The standard InChI is InChI=1S/C22H25F3N4/c1-26-27-21(13-18-14-22(18,24)25)29-12-9-20(19(23)15-29)28-10-7-17(8-11-28)16-5-3-2-4-6-16/h2-6,9,12,17-18H,1,7-8,10-11,13-15H2/b27-21-. The maximum Gasteiger partial charge on any atom is 0.252 e. The third-order valence-corrected chi connectivity index (χ3v) is 6.01. The minimum atomic E-state index is -2.65. The average Bonchev–Trinajstić information content (AvgIpc) is 3.34. The molecule has 1 saturated carbocycles. The molecule has 0 N–H and O–H groups in total. The van der Waals surface area contributed by atoms with E-state index in [0.29, 0.717) is 17.5 Å². The molecule has 154 valence electrons. The maximum atomic E-state index is 14.9. The van der Waals surface area contributed by atoms with E-state index in [9.17, 15) is 13.2 Å². The zero-order valence-electron chi connectivity index (χ0n) is 16.3. The van der Waals surface area contributed by atoms with Crippen molar-refractivity contribution in [1.29, 1.82) is 0 Å². The summed E-state index contributed by atoms with van der Waals surface area (Å²) < 4.78 is 41.4. The number of halogens is 3. The molecule has 3 aliphatic rings. The molecule has 2 heterocycles. The highest BCUT2D eigenvalue weighted by Gasteiger charge is 2.57. The van der Waals surface area contributed by atoms with Crippen LogP contribution in [0.25, 0.3) is 0 Å². The van der Waals surface area contributed by atoms with E-state index >= 15 is 0 Å². The second kappa shape index (κ2) is 8.05. The molecule has 4 rings (SSSR count). The van der Waals surface area contributed by atoms with Crippen molar-refractivity contribution in [2.24, 2.45) is 16.1 Å². The van der Waals surface area contributed by atoms with Crippen molar-refractivity contribution >= 4 is 12.6 Å². The van der Waals surface area contributed by atoms with Gasteiger partial charge in [-0.25, -0.2) is 13.2 Å². The van der Waals surface area contributed by atoms with E-state index in [-0.39, 0.29) is 25.2 Å². The number of hydrogen-bond donors (Lipinski definition) is 0. The van der Waals surface area contributed by atoms with Gasteiger partial charge in [-0.2, -0.15) is 5.10 Å². The van der Waals surface area contributed by atoms with E-state index in [2.05, 4.69) is 46.1 Å². The van der Waals surface area contributed by atoms with Gasteiger partial charge in [-0.3, -0.25) is 0 Å². The van der Waals surface area contributed by atoms with Crippen molar-refractivity contribution in [1.82, 2.24) is 9.80 Å². The van der Waals surface area contributed by atoms with E-state index in [0.717, 1.165) is 25.9 Å². The number of likely N-dealkylation sites (tertiary alicyclic amines) is 1. The summed E-state index contributed by atoms with van der Waals surface area (Å²) in [5.74, 6) is -2.84. The van der Waals surface area contributed by atoms with Crippen LogP contribution in [0.5, 0.6) is 0 Å². The first-order chi connectivity index (χ1) is 14.0. The number of amidine groups is 1. The summed E-state index contributed by atoms with van der Waals surface area (Å²) in [5.41, 5.74) is 1.91. The van der Waals surface area contributed by atoms with Gasteiger partial charge in [0, 0.05) is 44.8 Å². The highest BCUT2D eigenvalue weighted by molar-refractivity contribution is 5.84. The van der Waals surface area contributed by atoms with Crippen LogP contribution in [0, 0.1) is 5.92 Å². The van der Waals surface area contributed by atoms with Crippen LogP contribution in [-0.2, 0) is 0 Å². The molecule has 2 aliphatic heterocycles. The molecule has 1 aromatic carbocycles. The van der Waals surface area contributed by atoms with Crippen LogP contribution in [0.15, 0.2) is 64.3 Å². The van der Waals surface area contributed by atoms with Crippen LogP contribution in [0.3, 0.4) is 0 Å². The molecular weight excluding hydrogens is 377 g/mol. The zero-order chi connectivity index (χ0) is 20.4. The molecule has 1 aromatic rings. The van der Waals surface area contributed by atoms with Gasteiger partial charge in [-0.15, -0.1) is 5.10 Å². The number of nitrogens with zero attached hydrogens (tertiary/aromatic N) is 4. The van der Waals surface area contributed by atoms with Gasteiger partial charge < -0.3 is 9.80 Å². The number of alkyl halides is 2. The van der Waals surface area contributed by atoms with Gasteiger partial charge in [0.2, 0.25) is 0 Å². The Morgan fingerprint density at radius 3 is 2.45 bits per heavy atom. The lowest BCUT2D eigenvalue weighted by molar-refractivity contribution is 0.0998. The van der Waals surface area contributed by atoms with Crippen LogP contribution in [0.1, 0.15) is 37.2 Å². The van der Waals surface area contributed by atoms with E-state index in [1.54, 1.807) is 17.2 Å². The monoisotopic (exact) mass is 402 g/mol. The lowest BCUT2D eigenvalue weighted by Gasteiger charge is -2.36. The molecule has 2 fully saturated rings. The van der Waals surface area contributed by atoms with Crippen molar-refractivity contribution in [2.75, 3.05) is 19.6 Å². The van der Waals surface area contributed by atoms with Crippen LogP contribution in [0.4, 0.5) is 13.2 Å². The predicted molar refractivity (Wildman–Crippen MR) is 109 cm³/mol. The fourth-order valence-electron chi connectivity index (χ4n) is 4.18. The van der Waals surface area contributed by atoms with Gasteiger partial charge in [-0.1, -0.05) is 30.3 Å². The van der Waals surface area contributed by atoms with Gasteiger partial charge in [0.05, 0.1) is 12.2 Å². The van der Waals surface area contributed by atoms with E-state index in [1.165, 1.54) is 5.56 Å². The molecular formula is C22H25F3N4. The quantitative estimate of drug-likeness (QED) is 0.397. The largest absolute Gasteiger partial charge is 0.369 e. The summed E-state index contributed by atoms with van der Waals surface area (Å²) in [6, 6.07) is 10.4. The van der Waals surface area contributed by atoms with Gasteiger partial charge in [0.25, 0.3) is 5.92 Å². The van der Waals surface area contributed by atoms with Crippen LogP contribution in [0.2, 0.25) is 0 Å². The molecule has 1 atom stereocenters. The molecule has 29 heavy (non-hydrogen) atoms. The summed E-state index contributed by atoms with van der Waals surface area (Å²) in [4.78, 5) is 3.62. The smallest absolute Gasteiger partial charge is 0.252 e. The Balaban J connectivity index is 1.38. The maximum absolute atomic E-state index is 14.9. The van der Waals surface area contributed by atoms with E-state index < -0.39 is 11.8 Å². The number of hydrogen-bond acceptors (Lipinski definition) is 3. The predicted octanol–water partition coefficient (Wildman–Crippen LogP) is 4.94. The first kappa shape index (κ1) is 19.7. The molecule has 1 saturated heterocycles. The molecule has 0 spiro atoms. The zero-order valence-corrected chi connectivity index (χ0v) is 16.3. The second-order valence-electron chi connectivity index (χ2n) is 7.93. The molecule has 0 radical (unpaired) electrons. The molecule has 7 heteroatoms. The van der Waals surface area contributed by atoms with Gasteiger partial charge in [0.1, 0.15) is 11.7 Å². The summed E-state index contributed by atoms with van der Waals surface area (Å²) in [7, 11) is 0. The van der Waals surface area contributed by atoms with Gasteiger partial charge >= 0.3 is 0 Å². The number of piperidine rings is 1. The minimum absolute atomic E-state index is 0.0168. The molecule has 0 amide bonds. The molecule has 0 bridgehead atoms. The number of rotatable bonds is 5. The SMILES string of the molecule is C=N/N=C(/CC1CC1(F)F)N1C=CC(N2CCC(c3ccccc3)CC2)=C(F)C1. The second-order valence-corrected chi connectivity index (χ2v) is 7.93. The minimum Gasteiger partial charge on any atom is -0.369 e. The third kappa shape index (κ3) is 4.38. The fourth-order valence-corrected chi connectivity index (χ4v) is 4.18.